The van der Waals surface area contributed by atoms with Crippen LogP contribution >= 0.6 is 0 Å². The van der Waals surface area contributed by atoms with Crippen LogP contribution in [0, 0.1) is 5.41 Å². The van der Waals surface area contributed by atoms with Gasteiger partial charge in [-0.1, -0.05) is 38.1 Å². The monoisotopic (exact) mass is 376 g/mol. The quantitative estimate of drug-likeness (QED) is 0.722. The molecule has 0 bridgehead atoms. The Balaban J connectivity index is 1.78. The van der Waals surface area contributed by atoms with Crippen LogP contribution in [0.4, 0.5) is 11.4 Å². The number of rotatable bonds is 3. The maximum atomic E-state index is 13.2. The van der Waals surface area contributed by atoms with Crippen LogP contribution in [-0.2, 0) is 4.79 Å². The van der Waals surface area contributed by atoms with Crippen LogP contribution in [0.25, 0.3) is 0 Å². The molecule has 4 heteroatoms. The number of hydrogen-bond acceptors (Lipinski definition) is 4. The zero-order valence-corrected chi connectivity index (χ0v) is 17.0. The summed E-state index contributed by atoms with van der Waals surface area (Å²) in [6.07, 6.45) is 1.56. The molecule has 0 unspecified atom stereocenters. The van der Waals surface area contributed by atoms with Crippen molar-refractivity contribution in [3.63, 3.8) is 0 Å². The summed E-state index contributed by atoms with van der Waals surface area (Å²) in [6, 6.07) is 16.0. The standard InChI is InChI=1S/C24H28N2O2/c1-15(2)28-17-11-9-16(10-12-17)23-22-20(13-24(3,4)14-21(22)27)25-18-7-5-6-8-19(18)26-23/h5-12,15,23,25-26H,13-14H2,1-4H3/t23-/m1/s1. The summed E-state index contributed by atoms with van der Waals surface area (Å²) in [7, 11) is 0. The molecular weight excluding hydrogens is 348 g/mol. The molecule has 0 fully saturated rings. The van der Waals surface area contributed by atoms with Crippen LogP contribution < -0.4 is 15.4 Å². The molecule has 146 valence electrons. The van der Waals surface area contributed by atoms with E-state index in [9.17, 15) is 4.79 Å². The van der Waals surface area contributed by atoms with E-state index < -0.39 is 0 Å². The normalized spacial score (nSPS) is 20.6. The van der Waals surface area contributed by atoms with E-state index in [1.54, 1.807) is 0 Å². The summed E-state index contributed by atoms with van der Waals surface area (Å²) in [5.74, 6) is 1.06. The zero-order chi connectivity index (χ0) is 19.9. The number of anilines is 2. The van der Waals surface area contributed by atoms with Gasteiger partial charge in [-0.25, -0.2) is 0 Å². The van der Waals surface area contributed by atoms with Crippen molar-refractivity contribution in [3.05, 3.63) is 65.4 Å². The Hall–Kier alpha value is -2.75. The van der Waals surface area contributed by atoms with E-state index in [1.807, 2.05) is 38.1 Å². The topological polar surface area (TPSA) is 50.4 Å². The molecule has 2 aromatic carbocycles. The summed E-state index contributed by atoms with van der Waals surface area (Å²) >= 11 is 0. The number of para-hydroxylation sites is 2. The average molecular weight is 377 g/mol. The molecule has 1 atom stereocenters. The fourth-order valence-electron chi connectivity index (χ4n) is 4.15. The minimum absolute atomic E-state index is 0.0400. The van der Waals surface area contributed by atoms with Gasteiger partial charge in [0.15, 0.2) is 5.78 Å². The molecule has 1 heterocycles. The Kier molecular flexibility index (Phi) is 4.66. The first-order chi connectivity index (χ1) is 13.3. The number of hydrogen-bond donors (Lipinski definition) is 2. The van der Waals surface area contributed by atoms with Gasteiger partial charge in [0.25, 0.3) is 0 Å². The summed E-state index contributed by atoms with van der Waals surface area (Å²) in [5.41, 5.74) is 4.94. The molecule has 4 rings (SSSR count). The molecule has 0 amide bonds. The second kappa shape index (κ2) is 7.01. The molecule has 2 N–H and O–H groups in total. The largest absolute Gasteiger partial charge is 0.491 e. The van der Waals surface area contributed by atoms with Gasteiger partial charge < -0.3 is 15.4 Å². The van der Waals surface area contributed by atoms with Crippen molar-refractivity contribution in [3.8, 4) is 5.75 Å². The second-order valence-corrected chi connectivity index (χ2v) is 8.82. The maximum absolute atomic E-state index is 13.2. The molecule has 0 aromatic heterocycles. The van der Waals surface area contributed by atoms with Crippen molar-refractivity contribution in [1.29, 1.82) is 0 Å². The molecule has 2 aromatic rings. The minimum atomic E-state index is -0.178. The van der Waals surface area contributed by atoms with E-state index in [2.05, 4.69) is 48.7 Å². The van der Waals surface area contributed by atoms with Gasteiger partial charge in [0.2, 0.25) is 0 Å². The van der Waals surface area contributed by atoms with Gasteiger partial charge in [-0.2, -0.15) is 0 Å². The Bertz CT molecular complexity index is 926. The Morgan fingerprint density at radius 2 is 1.68 bits per heavy atom. The van der Waals surface area contributed by atoms with Crippen LogP contribution in [0.2, 0.25) is 0 Å². The lowest BCUT2D eigenvalue weighted by Crippen LogP contribution is -2.31. The molecule has 1 aliphatic carbocycles. The SMILES string of the molecule is CC(C)Oc1ccc([C@H]2Nc3ccccc3NC3=C2C(=O)CC(C)(C)C3)cc1. The number of Topliss-reactive ketones (excluding diaryl/α,β-unsaturated/α-hetero) is 1. The molecule has 0 radical (unpaired) electrons. The fraction of sp³-hybridized carbons (Fsp3) is 0.375. The highest BCUT2D eigenvalue weighted by Crippen LogP contribution is 2.45. The summed E-state index contributed by atoms with van der Waals surface area (Å²) in [5, 5.41) is 7.17. The van der Waals surface area contributed by atoms with Gasteiger partial charge in [0, 0.05) is 17.7 Å². The number of fused-ring (bicyclic) bond motifs is 1. The van der Waals surface area contributed by atoms with E-state index in [0.29, 0.717) is 6.42 Å². The smallest absolute Gasteiger partial charge is 0.163 e. The summed E-state index contributed by atoms with van der Waals surface area (Å²) in [6.45, 7) is 8.35. The van der Waals surface area contributed by atoms with Gasteiger partial charge in [0.1, 0.15) is 5.75 Å². The maximum Gasteiger partial charge on any atom is 0.163 e. The van der Waals surface area contributed by atoms with Crippen LogP contribution in [0.15, 0.2) is 59.8 Å². The third-order valence-electron chi connectivity index (χ3n) is 5.31. The van der Waals surface area contributed by atoms with Crippen LogP contribution in [0.3, 0.4) is 0 Å². The van der Waals surface area contributed by atoms with Crippen molar-refractivity contribution in [2.45, 2.75) is 52.7 Å². The Labute approximate surface area is 167 Å². The van der Waals surface area contributed by atoms with Crippen LogP contribution in [-0.4, -0.2) is 11.9 Å². The molecule has 1 aliphatic heterocycles. The lowest BCUT2D eigenvalue weighted by molar-refractivity contribution is -0.118. The zero-order valence-electron chi connectivity index (χ0n) is 17.0. The van der Waals surface area contributed by atoms with E-state index >= 15 is 0 Å². The van der Waals surface area contributed by atoms with E-state index in [4.69, 9.17) is 4.74 Å². The molecule has 0 spiro atoms. The van der Waals surface area contributed by atoms with Crippen LogP contribution in [0.5, 0.6) is 5.75 Å². The fourth-order valence-corrected chi connectivity index (χ4v) is 4.15. The number of carbonyl (C=O) groups excluding carboxylic acids is 1. The highest BCUT2D eigenvalue weighted by Gasteiger charge is 2.38. The Morgan fingerprint density at radius 3 is 2.36 bits per heavy atom. The third-order valence-corrected chi connectivity index (χ3v) is 5.31. The van der Waals surface area contributed by atoms with Crippen LogP contribution in [0.1, 0.15) is 52.1 Å². The third kappa shape index (κ3) is 3.64. The summed E-state index contributed by atoms with van der Waals surface area (Å²) < 4.78 is 5.78. The Morgan fingerprint density at radius 1 is 1.00 bits per heavy atom. The van der Waals surface area contributed by atoms with E-state index in [1.165, 1.54) is 0 Å². The first-order valence-corrected chi connectivity index (χ1v) is 9.98. The van der Waals surface area contributed by atoms with Crippen molar-refractivity contribution < 1.29 is 9.53 Å². The molecule has 0 saturated heterocycles. The number of benzene rings is 2. The number of carbonyl (C=O) groups is 1. The van der Waals surface area contributed by atoms with Gasteiger partial charge in [-0.3, -0.25) is 4.79 Å². The first-order valence-electron chi connectivity index (χ1n) is 9.98. The molecule has 28 heavy (non-hydrogen) atoms. The molecule has 4 nitrogen and oxygen atoms in total. The lowest BCUT2D eigenvalue weighted by atomic mass is 9.73. The minimum Gasteiger partial charge on any atom is -0.491 e. The highest BCUT2D eigenvalue weighted by molar-refractivity contribution is 6.01. The summed E-state index contributed by atoms with van der Waals surface area (Å²) in [4.78, 5) is 13.2. The second-order valence-electron chi connectivity index (χ2n) is 8.82. The number of ether oxygens (including phenoxy) is 1. The predicted molar refractivity (Wildman–Crippen MR) is 114 cm³/mol. The van der Waals surface area contributed by atoms with Gasteiger partial charge >= 0.3 is 0 Å². The molecular formula is C24H28N2O2. The van der Waals surface area contributed by atoms with Gasteiger partial charge in [-0.05, 0) is 55.5 Å². The van der Waals surface area contributed by atoms with Crippen molar-refractivity contribution in [2.75, 3.05) is 10.6 Å². The van der Waals surface area contributed by atoms with Crippen molar-refractivity contribution in [2.24, 2.45) is 5.41 Å². The number of allylic oxidation sites excluding steroid dienone is 1. The van der Waals surface area contributed by atoms with Gasteiger partial charge in [-0.15, -0.1) is 0 Å². The average Bonchev–Trinajstić information content (AvgIpc) is 2.77. The highest BCUT2D eigenvalue weighted by atomic mass is 16.5. The number of ketones is 1. The molecule has 0 saturated carbocycles. The van der Waals surface area contributed by atoms with Gasteiger partial charge in [0.05, 0.1) is 23.5 Å². The molecule has 2 aliphatic rings. The van der Waals surface area contributed by atoms with E-state index in [0.717, 1.165) is 40.4 Å². The predicted octanol–water partition coefficient (Wildman–Crippen LogP) is 5.70. The van der Waals surface area contributed by atoms with Crippen molar-refractivity contribution >= 4 is 17.2 Å². The van der Waals surface area contributed by atoms with Crippen molar-refractivity contribution in [1.82, 2.24) is 0 Å². The first kappa shape index (κ1) is 18.6. The lowest BCUT2D eigenvalue weighted by Gasteiger charge is -2.34. The number of nitrogens with one attached hydrogen (secondary N) is 2. The van der Waals surface area contributed by atoms with E-state index in [-0.39, 0.29) is 23.3 Å².